The fourth-order valence-electron chi connectivity index (χ4n) is 4.76. The van der Waals surface area contributed by atoms with Gasteiger partial charge in [0.1, 0.15) is 11.4 Å². The first-order valence-electron chi connectivity index (χ1n) is 10.3. The van der Waals surface area contributed by atoms with E-state index in [-0.39, 0.29) is 21.4 Å². The number of aromatic nitrogens is 1. The molecule has 1 aliphatic heterocycles. The maximum atomic E-state index is 13.3. The Balaban J connectivity index is 1.51. The number of rotatable bonds is 3. The molecule has 1 unspecified atom stereocenters. The van der Waals surface area contributed by atoms with E-state index in [1.807, 2.05) is 24.3 Å². The largest absolute Gasteiger partial charge is 0.487 e. The monoisotopic (exact) mass is 444 g/mol. The Morgan fingerprint density at radius 3 is 2.70 bits per heavy atom. The van der Waals surface area contributed by atoms with E-state index in [9.17, 15) is 13.2 Å². The van der Waals surface area contributed by atoms with Gasteiger partial charge in [-0.05, 0) is 49.9 Å². The summed E-state index contributed by atoms with van der Waals surface area (Å²) in [6.07, 6.45) is 5.93. The second-order valence-corrected chi connectivity index (χ2v) is 11.0. The van der Waals surface area contributed by atoms with Gasteiger partial charge in [-0.1, -0.05) is 36.0 Å². The Hall–Kier alpha value is -2.16. The number of nitrogens with one attached hydrogen (secondary N) is 1. The van der Waals surface area contributed by atoms with Crippen LogP contribution in [0.15, 0.2) is 52.2 Å². The molecule has 0 saturated heterocycles. The molecule has 0 amide bonds. The highest BCUT2D eigenvalue weighted by atomic mass is 32.2. The Bertz CT molecular complexity index is 1270. The maximum absolute atomic E-state index is 13.3. The number of para-hydroxylation sites is 1. The normalized spacial score (nSPS) is 20.8. The van der Waals surface area contributed by atoms with Crippen molar-refractivity contribution in [1.29, 1.82) is 0 Å². The van der Waals surface area contributed by atoms with Crippen LogP contribution in [0.5, 0.6) is 5.75 Å². The molecule has 2 aliphatic rings. The van der Waals surface area contributed by atoms with E-state index in [1.54, 1.807) is 25.2 Å². The molecule has 8 heteroatoms. The molecular weight excluding hydrogens is 420 g/mol. The molecule has 1 N–H and O–H groups in total. The summed E-state index contributed by atoms with van der Waals surface area (Å²) < 4.78 is 38.1. The summed E-state index contributed by atoms with van der Waals surface area (Å²) >= 11 is 1.06. The van der Waals surface area contributed by atoms with Gasteiger partial charge in [0.05, 0.1) is 21.2 Å². The first kappa shape index (κ1) is 19.8. The average molecular weight is 445 g/mol. The van der Waals surface area contributed by atoms with Crippen molar-refractivity contribution in [1.82, 2.24) is 9.29 Å². The zero-order chi connectivity index (χ0) is 20.9. The summed E-state index contributed by atoms with van der Waals surface area (Å²) in [4.78, 5) is 12.0. The van der Waals surface area contributed by atoms with Crippen molar-refractivity contribution >= 4 is 31.6 Å². The molecule has 1 spiro atoms. The first-order chi connectivity index (χ1) is 14.4. The zero-order valence-electron chi connectivity index (χ0n) is 16.8. The molecule has 1 fully saturated rings. The van der Waals surface area contributed by atoms with Crippen molar-refractivity contribution in [3.05, 3.63) is 57.7 Å². The van der Waals surface area contributed by atoms with Crippen LogP contribution >= 0.6 is 11.3 Å². The molecule has 0 radical (unpaired) electrons. The van der Waals surface area contributed by atoms with Crippen LogP contribution in [0.3, 0.4) is 0 Å². The molecule has 158 valence electrons. The highest BCUT2D eigenvalue weighted by Crippen LogP contribution is 2.46. The maximum Gasteiger partial charge on any atom is 0.307 e. The molecule has 2 aromatic carbocycles. The van der Waals surface area contributed by atoms with E-state index in [0.29, 0.717) is 11.1 Å². The highest BCUT2D eigenvalue weighted by Gasteiger charge is 2.42. The van der Waals surface area contributed by atoms with Gasteiger partial charge in [-0.3, -0.25) is 4.79 Å². The zero-order valence-corrected chi connectivity index (χ0v) is 18.4. The van der Waals surface area contributed by atoms with Crippen LogP contribution in [0.1, 0.15) is 50.1 Å². The lowest BCUT2D eigenvalue weighted by atomic mass is 9.77. The summed E-state index contributed by atoms with van der Waals surface area (Å²) in [7, 11) is -2.07. The molecule has 5 rings (SSSR count). The van der Waals surface area contributed by atoms with Crippen molar-refractivity contribution in [3.63, 3.8) is 0 Å². The number of thiazole rings is 1. The number of aryl methyl sites for hydroxylation is 1. The number of fused-ring (bicyclic) bond motifs is 2. The third-order valence-corrected chi connectivity index (χ3v) is 8.80. The van der Waals surface area contributed by atoms with E-state index in [1.165, 1.54) is 11.0 Å². The second-order valence-electron chi connectivity index (χ2n) is 8.32. The number of hydrogen-bond donors (Lipinski definition) is 1. The highest BCUT2D eigenvalue weighted by molar-refractivity contribution is 7.89. The van der Waals surface area contributed by atoms with Gasteiger partial charge < -0.3 is 9.30 Å². The molecular formula is C22H24N2O4S2. The predicted octanol–water partition coefficient (Wildman–Crippen LogP) is 4.11. The minimum atomic E-state index is -3.76. The first-order valence-corrected chi connectivity index (χ1v) is 12.6. The number of sulfonamides is 1. The van der Waals surface area contributed by atoms with Gasteiger partial charge in [0.2, 0.25) is 10.0 Å². The van der Waals surface area contributed by atoms with Gasteiger partial charge in [0.15, 0.2) is 0 Å². The van der Waals surface area contributed by atoms with Crippen LogP contribution in [0.4, 0.5) is 0 Å². The van der Waals surface area contributed by atoms with Crippen molar-refractivity contribution < 1.29 is 13.2 Å². The third kappa shape index (κ3) is 3.36. The van der Waals surface area contributed by atoms with Gasteiger partial charge in [0.25, 0.3) is 0 Å². The lowest BCUT2D eigenvalue weighted by Gasteiger charge is -2.44. The Morgan fingerprint density at radius 2 is 1.90 bits per heavy atom. The smallest absolute Gasteiger partial charge is 0.307 e. The molecule has 6 nitrogen and oxygen atoms in total. The number of benzene rings is 2. The summed E-state index contributed by atoms with van der Waals surface area (Å²) in [6, 6.07) is 12.2. The summed E-state index contributed by atoms with van der Waals surface area (Å²) in [6.45, 7) is 0. The SMILES string of the molecule is Cn1c(=O)sc2cc(S(=O)(=O)NC3CC4(CCCCC4)Oc4ccccc43)ccc21. The lowest BCUT2D eigenvalue weighted by Crippen LogP contribution is -2.46. The van der Waals surface area contributed by atoms with Crippen molar-refractivity contribution in [3.8, 4) is 5.75 Å². The minimum absolute atomic E-state index is 0.106. The van der Waals surface area contributed by atoms with Crippen molar-refractivity contribution in [2.45, 2.75) is 55.1 Å². The molecule has 1 atom stereocenters. The van der Waals surface area contributed by atoms with Crippen molar-refractivity contribution in [2.24, 2.45) is 7.05 Å². The van der Waals surface area contributed by atoms with Crippen LogP contribution < -0.4 is 14.3 Å². The molecule has 1 saturated carbocycles. The minimum Gasteiger partial charge on any atom is -0.487 e. The van der Waals surface area contributed by atoms with Crippen LogP contribution in [0.25, 0.3) is 10.2 Å². The average Bonchev–Trinajstić information content (AvgIpc) is 3.01. The van der Waals surface area contributed by atoms with Gasteiger partial charge in [-0.2, -0.15) is 0 Å². The van der Waals surface area contributed by atoms with Gasteiger partial charge in [0, 0.05) is 19.0 Å². The van der Waals surface area contributed by atoms with Gasteiger partial charge in [-0.15, -0.1) is 0 Å². The lowest BCUT2D eigenvalue weighted by molar-refractivity contribution is 0.0000755. The Labute approximate surface area is 179 Å². The summed E-state index contributed by atoms with van der Waals surface area (Å²) in [5, 5.41) is 0. The fourth-order valence-corrected chi connectivity index (χ4v) is 7.00. The van der Waals surface area contributed by atoms with E-state index < -0.39 is 10.0 Å². The number of hydrogen-bond acceptors (Lipinski definition) is 5. The van der Waals surface area contributed by atoms with Gasteiger partial charge >= 0.3 is 4.87 Å². The Kier molecular flexibility index (Phi) is 4.76. The molecule has 1 aliphatic carbocycles. The van der Waals surface area contributed by atoms with E-state index in [4.69, 9.17) is 4.74 Å². The topological polar surface area (TPSA) is 77.4 Å². The van der Waals surface area contributed by atoms with Crippen LogP contribution in [-0.4, -0.2) is 18.6 Å². The summed E-state index contributed by atoms with van der Waals surface area (Å²) in [5.41, 5.74) is 1.31. The van der Waals surface area contributed by atoms with E-state index >= 15 is 0 Å². The van der Waals surface area contributed by atoms with E-state index in [2.05, 4.69) is 4.72 Å². The second kappa shape index (κ2) is 7.21. The van der Waals surface area contributed by atoms with E-state index in [0.717, 1.165) is 53.8 Å². The fraction of sp³-hybridized carbons (Fsp3) is 0.409. The third-order valence-electron chi connectivity index (χ3n) is 6.33. The molecule has 2 heterocycles. The summed E-state index contributed by atoms with van der Waals surface area (Å²) in [5.74, 6) is 0.773. The molecule has 30 heavy (non-hydrogen) atoms. The standard InChI is InChI=1S/C22H24N2O4S2/c1-24-18-10-9-15(13-20(18)29-21(24)25)30(26,27)23-17-14-22(11-5-2-6-12-22)28-19-8-4-3-7-16(17)19/h3-4,7-10,13,17,23H,2,5-6,11-12,14H2,1H3. The number of ether oxygens (including phenoxy) is 1. The van der Waals surface area contributed by atoms with Crippen LogP contribution in [0.2, 0.25) is 0 Å². The molecule has 0 bridgehead atoms. The van der Waals surface area contributed by atoms with Crippen LogP contribution in [-0.2, 0) is 17.1 Å². The number of nitrogens with zero attached hydrogens (tertiary/aromatic N) is 1. The van der Waals surface area contributed by atoms with Gasteiger partial charge in [-0.25, -0.2) is 13.1 Å². The quantitative estimate of drug-likeness (QED) is 0.660. The molecule has 1 aromatic heterocycles. The van der Waals surface area contributed by atoms with Crippen molar-refractivity contribution in [2.75, 3.05) is 0 Å². The predicted molar refractivity (Wildman–Crippen MR) is 118 cm³/mol. The molecule has 3 aromatic rings. The van der Waals surface area contributed by atoms with Crippen LogP contribution in [0, 0.1) is 0 Å². The Morgan fingerprint density at radius 1 is 1.13 bits per heavy atom.